The summed E-state index contributed by atoms with van der Waals surface area (Å²) >= 11 is 0. The normalized spacial score (nSPS) is 35.1. The van der Waals surface area contributed by atoms with Gasteiger partial charge in [0.15, 0.2) is 0 Å². The third kappa shape index (κ3) is 2.65. The summed E-state index contributed by atoms with van der Waals surface area (Å²) in [5.74, 6) is 0. The highest BCUT2D eigenvalue weighted by Gasteiger charge is 2.49. The first-order chi connectivity index (χ1) is 8.10. The zero-order chi connectivity index (χ0) is 12.9. The minimum atomic E-state index is -0.248. The fourth-order valence-electron chi connectivity index (χ4n) is 3.12. The first-order valence-corrected chi connectivity index (χ1v) is 6.58. The van der Waals surface area contributed by atoms with Crippen molar-refractivity contribution >= 4 is 0 Å². The SMILES string of the molecule is CCC1(COC)CCCC(CC)(COC)N1O. The minimum absolute atomic E-state index is 0.248. The average molecular weight is 245 g/mol. The lowest BCUT2D eigenvalue weighted by atomic mass is 9.76. The summed E-state index contributed by atoms with van der Waals surface area (Å²) in [6, 6.07) is 0. The number of piperidine rings is 1. The largest absolute Gasteiger partial charge is 0.383 e. The Bertz CT molecular complexity index is 207. The summed E-state index contributed by atoms with van der Waals surface area (Å²) < 4.78 is 10.6. The van der Waals surface area contributed by atoms with Gasteiger partial charge in [-0.05, 0) is 32.1 Å². The summed E-state index contributed by atoms with van der Waals surface area (Å²) in [6.07, 6.45) is 4.87. The van der Waals surface area contributed by atoms with E-state index in [4.69, 9.17) is 9.47 Å². The average Bonchev–Trinajstić information content (AvgIpc) is 2.35. The fraction of sp³-hybridized carbons (Fsp3) is 1.00. The second-order valence-corrected chi connectivity index (χ2v) is 5.19. The molecule has 0 aromatic heterocycles. The van der Waals surface area contributed by atoms with Gasteiger partial charge in [-0.25, -0.2) is 0 Å². The number of hydrogen-bond donors (Lipinski definition) is 1. The molecule has 102 valence electrons. The number of methoxy groups -OCH3 is 2. The number of hydroxylamine groups is 2. The van der Waals surface area contributed by atoms with Crippen LogP contribution in [0.25, 0.3) is 0 Å². The molecule has 0 aromatic carbocycles. The van der Waals surface area contributed by atoms with Gasteiger partial charge in [0.2, 0.25) is 0 Å². The van der Waals surface area contributed by atoms with Crippen LogP contribution >= 0.6 is 0 Å². The van der Waals surface area contributed by atoms with Crippen molar-refractivity contribution < 1.29 is 14.7 Å². The zero-order valence-electron chi connectivity index (χ0n) is 11.7. The minimum Gasteiger partial charge on any atom is -0.383 e. The highest BCUT2D eigenvalue weighted by molar-refractivity contribution is 5.01. The Morgan fingerprint density at radius 2 is 1.41 bits per heavy atom. The molecule has 0 aliphatic carbocycles. The van der Waals surface area contributed by atoms with Crippen LogP contribution in [0.2, 0.25) is 0 Å². The highest BCUT2D eigenvalue weighted by Crippen LogP contribution is 2.41. The Hall–Kier alpha value is -0.160. The van der Waals surface area contributed by atoms with Gasteiger partial charge in [0.05, 0.1) is 24.3 Å². The summed E-state index contributed by atoms with van der Waals surface area (Å²) in [4.78, 5) is 0. The van der Waals surface area contributed by atoms with Crippen LogP contribution in [0.15, 0.2) is 0 Å². The van der Waals surface area contributed by atoms with Gasteiger partial charge in [-0.1, -0.05) is 13.8 Å². The zero-order valence-corrected chi connectivity index (χ0v) is 11.7. The molecule has 0 amide bonds. The molecule has 0 saturated carbocycles. The van der Waals surface area contributed by atoms with E-state index in [9.17, 15) is 5.21 Å². The van der Waals surface area contributed by atoms with Crippen molar-refractivity contribution in [2.24, 2.45) is 0 Å². The Morgan fingerprint density at radius 1 is 1.00 bits per heavy atom. The van der Waals surface area contributed by atoms with Gasteiger partial charge in [0.1, 0.15) is 0 Å². The van der Waals surface area contributed by atoms with Crippen molar-refractivity contribution in [2.45, 2.75) is 57.0 Å². The van der Waals surface area contributed by atoms with Crippen molar-refractivity contribution in [3.05, 3.63) is 0 Å². The molecular weight excluding hydrogens is 218 g/mol. The molecule has 1 heterocycles. The van der Waals surface area contributed by atoms with Gasteiger partial charge in [0, 0.05) is 14.2 Å². The summed E-state index contributed by atoms with van der Waals surface area (Å²) in [6.45, 7) is 5.37. The molecule has 0 spiro atoms. The fourth-order valence-corrected chi connectivity index (χ4v) is 3.12. The Kier molecular flexibility index (Phi) is 5.38. The summed E-state index contributed by atoms with van der Waals surface area (Å²) in [5.41, 5.74) is -0.497. The molecule has 1 N–H and O–H groups in total. The maximum atomic E-state index is 10.7. The molecule has 17 heavy (non-hydrogen) atoms. The van der Waals surface area contributed by atoms with Crippen LogP contribution in [0.5, 0.6) is 0 Å². The molecule has 2 atom stereocenters. The second kappa shape index (κ2) is 6.14. The lowest BCUT2D eigenvalue weighted by Crippen LogP contribution is -2.65. The number of rotatable bonds is 6. The highest BCUT2D eigenvalue weighted by atomic mass is 16.5. The molecule has 2 unspecified atom stereocenters. The Morgan fingerprint density at radius 3 is 1.71 bits per heavy atom. The molecule has 4 nitrogen and oxygen atoms in total. The van der Waals surface area contributed by atoms with Crippen LogP contribution in [-0.4, -0.2) is 48.8 Å². The van der Waals surface area contributed by atoms with Crippen LogP contribution in [0.4, 0.5) is 0 Å². The molecule has 1 rings (SSSR count). The predicted octanol–water partition coefficient (Wildman–Crippen LogP) is 2.45. The predicted molar refractivity (Wildman–Crippen MR) is 67.3 cm³/mol. The molecule has 1 aliphatic heterocycles. The van der Waals surface area contributed by atoms with Crippen molar-refractivity contribution in [1.82, 2.24) is 5.06 Å². The molecule has 4 heteroatoms. The van der Waals surface area contributed by atoms with Crippen LogP contribution in [0.1, 0.15) is 46.0 Å². The van der Waals surface area contributed by atoms with E-state index >= 15 is 0 Å². The summed E-state index contributed by atoms with van der Waals surface area (Å²) in [5, 5.41) is 12.2. The second-order valence-electron chi connectivity index (χ2n) is 5.19. The maximum absolute atomic E-state index is 10.7. The number of nitrogens with zero attached hydrogens (tertiary/aromatic N) is 1. The van der Waals surface area contributed by atoms with Crippen molar-refractivity contribution in [3.63, 3.8) is 0 Å². The number of ether oxygens (including phenoxy) is 2. The van der Waals surface area contributed by atoms with Gasteiger partial charge in [-0.3, -0.25) is 0 Å². The van der Waals surface area contributed by atoms with E-state index in [0.29, 0.717) is 13.2 Å². The third-order valence-electron chi connectivity index (χ3n) is 4.33. The van der Waals surface area contributed by atoms with Crippen LogP contribution in [0, 0.1) is 0 Å². The van der Waals surface area contributed by atoms with Gasteiger partial charge in [-0.15, -0.1) is 0 Å². The molecule has 0 aromatic rings. The molecule has 0 bridgehead atoms. The van der Waals surface area contributed by atoms with E-state index < -0.39 is 0 Å². The molecule has 1 fully saturated rings. The lowest BCUT2D eigenvalue weighted by Gasteiger charge is -2.53. The van der Waals surface area contributed by atoms with Crippen molar-refractivity contribution in [3.8, 4) is 0 Å². The monoisotopic (exact) mass is 245 g/mol. The van der Waals surface area contributed by atoms with Crippen LogP contribution in [-0.2, 0) is 9.47 Å². The molecular formula is C13H27NO3. The van der Waals surface area contributed by atoms with Crippen LogP contribution < -0.4 is 0 Å². The van der Waals surface area contributed by atoms with E-state index in [-0.39, 0.29) is 11.1 Å². The van der Waals surface area contributed by atoms with Gasteiger partial charge in [0.25, 0.3) is 0 Å². The van der Waals surface area contributed by atoms with Crippen LogP contribution in [0.3, 0.4) is 0 Å². The molecule has 1 aliphatic rings. The van der Waals surface area contributed by atoms with E-state index in [2.05, 4.69) is 13.8 Å². The standard InChI is InChI=1S/C13H27NO3/c1-5-12(10-16-3)8-7-9-13(6-2,11-17-4)14(12)15/h15H,5-11H2,1-4H3. The summed E-state index contributed by atoms with van der Waals surface area (Å²) in [7, 11) is 3.40. The van der Waals surface area contributed by atoms with E-state index in [0.717, 1.165) is 32.1 Å². The Labute approximate surface area is 105 Å². The van der Waals surface area contributed by atoms with Crippen molar-refractivity contribution in [1.29, 1.82) is 0 Å². The molecule has 1 saturated heterocycles. The first kappa shape index (κ1) is 14.9. The van der Waals surface area contributed by atoms with Gasteiger partial charge >= 0.3 is 0 Å². The third-order valence-corrected chi connectivity index (χ3v) is 4.33. The van der Waals surface area contributed by atoms with Gasteiger partial charge < -0.3 is 14.7 Å². The maximum Gasteiger partial charge on any atom is 0.0697 e. The quantitative estimate of drug-likeness (QED) is 0.780. The topological polar surface area (TPSA) is 41.9 Å². The lowest BCUT2D eigenvalue weighted by molar-refractivity contribution is -0.283. The number of hydrogen-bond acceptors (Lipinski definition) is 4. The Balaban J connectivity index is 2.95. The van der Waals surface area contributed by atoms with E-state index in [1.165, 1.54) is 0 Å². The van der Waals surface area contributed by atoms with Gasteiger partial charge in [-0.2, -0.15) is 5.06 Å². The van der Waals surface area contributed by atoms with E-state index in [1.807, 2.05) is 0 Å². The van der Waals surface area contributed by atoms with Crippen molar-refractivity contribution in [2.75, 3.05) is 27.4 Å². The smallest absolute Gasteiger partial charge is 0.0697 e. The first-order valence-electron chi connectivity index (χ1n) is 6.58. The molecule has 0 radical (unpaired) electrons. The van der Waals surface area contributed by atoms with E-state index in [1.54, 1.807) is 19.3 Å².